The lowest BCUT2D eigenvalue weighted by atomic mass is 10.1. The van der Waals surface area contributed by atoms with Gasteiger partial charge in [0, 0.05) is 17.6 Å². The van der Waals surface area contributed by atoms with Gasteiger partial charge in [0.2, 0.25) is 0 Å². The summed E-state index contributed by atoms with van der Waals surface area (Å²) in [6, 6.07) is 3.59. The van der Waals surface area contributed by atoms with Crippen LogP contribution in [0.15, 0.2) is 16.6 Å². The zero-order chi connectivity index (χ0) is 13.0. The van der Waals surface area contributed by atoms with Crippen molar-refractivity contribution in [3.05, 3.63) is 22.2 Å². The van der Waals surface area contributed by atoms with Crippen molar-refractivity contribution in [3.63, 3.8) is 0 Å². The molecule has 0 aromatic heterocycles. The number of benzene rings is 1. The van der Waals surface area contributed by atoms with E-state index in [-0.39, 0.29) is 6.03 Å². The van der Waals surface area contributed by atoms with Crippen LogP contribution in [0.4, 0.5) is 16.2 Å². The van der Waals surface area contributed by atoms with Crippen LogP contribution in [0.5, 0.6) is 0 Å². The topological polar surface area (TPSA) is 58.4 Å². The van der Waals surface area contributed by atoms with Gasteiger partial charge in [-0.15, -0.1) is 0 Å². The average molecular weight is 300 g/mol. The molecule has 3 N–H and O–H groups in total. The summed E-state index contributed by atoms with van der Waals surface area (Å²) in [4.78, 5) is 13.6. The van der Waals surface area contributed by atoms with Gasteiger partial charge in [0.15, 0.2) is 0 Å². The van der Waals surface area contributed by atoms with Crippen molar-refractivity contribution in [3.8, 4) is 0 Å². The molecule has 0 spiro atoms. The maximum Gasteiger partial charge on any atom is 0.321 e. The molecule has 1 aromatic carbocycles. The molecule has 4 nitrogen and oxygen atoms in total. The first-order valence-electron chi connectivity index (χ1n) is 5.61. The molecule has 0 aliphatic carbocycles. The molecule has 0 bridgehead atoms. The molecule has 0 aliphatic rings. The molecule has 0 saturated carbocycles. The van der Waals surface area contributed by atoms with Gasteiger partial charge < -0.3 is 16.0 Å². The fourth-order valence-electron chi connectivity index (χ4n) is 1.64. The Bertz CT molecular complexity index is 393. The predicted molar refractivity (Wildman–Crippen MR) is 75.2 cm³/mol. The first-order valence-corrected chi connectivity index (χ1v) is 6.40. The van der Waals surface area contributed by atoms with E-state index in [0.717, 1.165) is 10.0 Å². The van der Waals surface area contributed by atoms with E-state index in [9.17, 15) is 4.79 Å². The predicted octanol–water partition coefficient (Wildman–Crippen LogP) is 3.21. The van der Waals surface area contributed by atoms with Gasteiger partial charge >= 0.3 is 6.03 Å². The number of rotatable bonds is 3. The second kappa shape index (κ2) is 5.91. The standard InChI is InChI=1S/C12H18BrN3O/c1-4-16(5-2)12(17)15-11-8(3)6-9(13)7-10(11)14/h6-7H,4-5,14H2,1-3H3,(H,15,17). The Morgan fingerprint density at radius 3 is 2.47 bits per heavy atom. The Hall–Kier alpha value is -1.23. The minimum Gasteiger partial charge on any atom is -0.397 e. The van der Waals surface area contributed by atoms with Gasteiger partial charge in [0.1, 0.15) is 0 Å². The van der Waals surface area contributed by atoms with Crippen LogP contribution in [-0.2, 0) is 0 Å². The molecule has 0 aliphatic heterocycles. The number of nitrogens with one attached hydrogen (secondary N) is 1. The Morgan fingerprint density at radius 1 is 1.41 bits per heavy atom. The lowest BCUT2D eigenvalue weighted by Crippen LogP contribution is -2.34. The minimum atomic E-state index is -0.118. The molecule has 94 valence electrons. The van der Waals surface area contributed by atoms with Gasteiger partial charge in [-0.05, 0) is 38.5 Å². The Morgan fingerprint density at radius 2 is 2.00 bits per heavy atom. The number of carbonyl (C=O) groups is 1. The summed E-state index contributed by atoms with van der Waals surface area (Å²) in [5.41, 5.74) is 8.08. The van der Waals surface area contributed by atoms with Gasteiger partial charge in [-0.1, -0.05) is 15.9 Å². The van der Waals surface area contributed by atoms with E-state index >= 15 is 0 Å². The van der Waals surface area contributed by atoms with E-state index in [2.05, 4.69) is 21.2 Å². The summed E-state index contributed by atoms with van der Waals surface area (Å²) in [5.74, 6) is 0. The summed E-state index contributed by atoms with van der Waals surface area (Å²) in [6.07, 6.45) is 0. The first kappa shape index (κ1) is 13.8. The molecular formula is C12H18BrN3O. The number of nitrogens with zero attached hydrogens (tertiary/aromatic N) is 1. The normalized spacial score (nSPS) is 10.1. The van der Waals surface area contributed by atoms with Crippen LogP contribution in [0.2, 0.25) is 0 Å². The van der Waals surface area contributed by atoms with Crippen LogP contribution >= 0.6 is 15.9 Å². The highest BCUT2D eigenvalue weighted by Gasteiger charge is 2.13. The van der Waals surface area contributed by atoms with Crippen molar-refractivity contribution in [1.82, 2.24) is 4.90 Å². The zero-order valence-corrected chi connectivity index (χ0v) is 12.0. The van der Waals surface area contributed by atoms with E-state index in [1.807, 2.05) is 26.8 Å². The second-order valence-corrected chi connectivity index (χ2v) is 4.71. The third-order valence-corrected chi connectivity index (χ3v) is 3.07. The number of hydrogen-bond acceptors (Lipinski definition) is 2. The lowest BCUT2D eigenvalue weighted by Gasteiger charge is -2.21. The molecule has 0 heterocycles. The molecule has 1 rings (SSSR count). The largest absolute Gasteiger partial charge is 0.397 e. The molecule has 0 saturated heterocycles. The monoisotopic (exact) mass is 299 g/mol. The lowest BCUT2D eigenvalue weighted by molar-refractivity contribution is 0.217. The van der Waals surface area contributed by atoms with Gasteiger partial charge in [-0.2, -0.15) is 0 Å². The summed E-state index contributed by atoms with van der Waals surface area (Å²) >= 11 is 3.37. The number of halogens is 1. The van der Waals surface area contributed by atoms with Crippen LogP contribution in [0.3, 0.4) is 0 Å². The van der Waals surface area contributed by atoms with Crippen molar-refractivity contribution in [1.29, 1.82) is 0 Å². The quantitative estimate of drug-likeness (QED) is 0.842. The third kappa shape index (κ3) is 3.36. The molecule has 0 fully saturated rings. The van der Waals surface area contributed by atoms with E-state index < -0.39 is 0 Å². The Labute approximate surface area is 110 Å². The van der Waals surface area contributed by atoms with Crippen molar-refractivity contribution >= 4 is 33.3 Å². The number of hydrogen-bond donors (Lipinski definition) is 2. The smallest absolute Gasteiger partial charge is 0.321 e. The first-order chi connectivity index (χ1) is 7.99. The Kier molecular flexibility index (Phi) is 4.81. The summed E-state index contributed by atoms with van der Waals surface area (Å²) in [7, 11) is 0. The fourth-order valence-corrected chi connectivity index (χ4v) is 2.23. The number of nitrogens with two attached hydrogens (primary N) is 1. The van der Waals surface area contributed by atoms with Crippen molar-refractivity contribution in [2.45, 2.75) is 20.8 Å². The molecule has 0 radical (unpaired) electrons. The molecule has 1 aromatic rings. The zero-order valence-electron chi connectivity index (χ0n) is 10.4. The number of aryl methyl sites for hydroxylation is 1. The molecule has 0 atom stereocenters. The van der Waals surface area contributed by atoms with Crippen LogP contribution in [0, 0.1) is 6.92 Å². The highest BCUT2D eigenvalue weighted by molar-refractivity contribution is 9.10. The summed E-state index contributed by atoms with van der Waals surface area (Å²) in [6.45, 7) is 7.16. The summed E-state index contributed by atoms with van der Waals surface area (Å²) < 4.78 is 0.910. The van der Waals surface area contributed by atoms with E-state index in [1.54, 1.807) is 11.0 Å². The number of urea groups is 1. The van der Waals surface area contributed by atoms with Gasteiger partial charge in [-0.3, -0.25) is 0 Å². The van der Waals surface area contributed by atoms with E-state index in [4.69, 9.17) is 5.73 Å². The highest BCUT2D eigenvalue weighted by atomic mass is 79.9. The van der Waals surface area contributed by atoms with Crippen molar-refractivity contribution < 1.29 is 4.79 Å². The van der Waals surface area contributed by atoms with Crippen LogP contribution < -0.4 is 11.1 Å². The fraction of sp³-hybridized carbons (Fsp3) is 0.417. The van der Waals surface area contributed by atoms with Gasteiger partial charge in [-0.25, -0.2) is 4.79 Å². The number of amides is 2. The maximum atomic E-state index is 11.9. The Balaban J connectivity index is 2.92. The van der Waals surface area contributed by atoms with Gasteiger partial charge in [0.25, 0.3) is 0 Å². The molecule has 5 heteroatoms. The highest BCUT2D eigenvalue weighted by Crippen LogP contribution is 2.27. The number of anilines is 2. The molecule has 17 heavy (non-hydrogen) atoms. The molecular weight excluding hydrogens is 282 g/mol. The van der Waals surface area contributed by atoms with Crippen LogP contribution in [0.1, 0.15) is 19.4 Å². The third-order valence-electron chi connectivity index (χ3n) is 2.61. The maximum absolute atomic E-state index is 11.9. The SMILES string of the molecule is CCN(CC)C(=O)Nc1c(C)cc(Br)cc1N. The molecule has 0 unspecified atom stereocenters. The van der Waals surface area contributed by atoms with E-state index in [0.29, 0.717) is 24.5 Å². The van der Waals surface area contributed by atoms with Crippen LogP contribution in [-0.4, -0.2) is 24.0 Å². The van der Waals surface area contributed by atoms with Crippen LogP contribution in [0.25, 0.3) is 0 Å². The van der Waals surface area contributed by atoms with Crippen molar-refractivity contribution in [2.24, 2.45) is 0 Å². The average Bonchev–Trinajstić information content (AvgIpc) is 2.25. The molecule has 2 amide bonds. The van der Waals surface area contributed by atoms with Gasteiger partial charge in [0.05, 0.1) is 11.4 Å². The number of carbonyl (C=O) groups excluding carboxylic acids is 1. The second-order valence-electron chi connectivity index (χ2n) is 3.79. The summed E-state index contributed by atoms with van der Waals surface area (Å²) in [5, 5.41) is 2.85. The minimum absolute atomic E-state index is 0.118. The van der Waals surface area contributed by atoms with Crippen molar-refractivity contribution in [2.75, 3.05) is 24.1 Å². The van der Waals surface area contributed by atoms with E-state index in [1.165, 1.54) is 0 Å². The number of nitrogen functional groups attached to an aromatic ring is 1.